The van der Waals surface area contributed by atoms with Crippen molar-refractivity contribution in [2.24, 2.45) is 0 Å². The third kappa shape index (κ3) is 4.00. The van der Waals surface area contributed by atoms with Crippen LogP contribution in [0.5, 0.6) is 0 Å². The van der Waals surface area contributed by atoms with Gasteiger partial charge in [0.2, 0.25) is 5.60 Å². The van der Waals surface area contributed by atoms with Crippen molar-refractivity contribution >= 4 is 0 Å². The third-order valence-electron chi connectivity index (χ3n) is 1.30. The highest BCUT2D eigenvalue weighted by Crippen LogP contribution is 2.28. The van der Waals surface area contributed by atoms with Crippen molar-refractivity contribution in [1.29, 1.82) is 0 Å². The summed E-state index contributed by atoms with van der Waals surface area (Å²) in [7, 11) is 0. The standard InChI is InChI=1S/C9H11F3O/c1-3-4-5-6-7-8(2,13)9(10,11)12/h4-5,13H,3H2,1-2H3. The van der Waals surface area contributed by atoms with Crippen molar-refractivity contribution in [3.05, 3.63) is 12.2 Å². The van der Waals surface area contributed by atoms with Gasteiger partial charge in [-0.05, 0) is 19.4 Å². The van der Waals surface area contributed by atoms with Gasteiger partial charge in [-0.25, -0.2) is 0 Å². The molecule has 13 heavy (non-hydrogen) atoms. The average molecular weight is 192 g/mol. The van der Waals surface area contributed by atoms with Crippen molar-refractivity contribution in [1.82, 2.24) is 0 Å². The van der Waals surface area contributed by atoms with Gasteiger partial charge in [0.05, 0.1) is 0 Å². The fourth-order valence-electron chi connectivity index (χ4n) is 0.430. The van der Waals surface area contributed by atoms with Gasteiger partial charge in [0, 0.05) is 0 Å². The second kappa shape index (κ2) is 4.33. The van der Waals surface area contributed by atoms with E-state index in [1.54, 1.807) is 12.0 Å². The van der Waals surface area contributed by atoms with E-state index in [1.807, 2.05) is 6.92 Å². The SMILES string of the molecule is CCC=CC#CC(C)(O)C(F)(F)F. The first-order chi connectivity index (χ1) is 5.81. The molecule has 0 aromatic rings. The third-order valence-corrected chi connectivity index (χ3v) is 1.30. The molecule has 1 unspecified atom stereocenters. The quantitative estimate of drug-likeness (QED) is 0.632. The molecular weight excluding hydrogens is 181 g/mol. The van der Waals surface area contributed by atoms with Crippen LogP contribution in [-0.2, 0) is 0 Å². The van der Waals surface area contributed by atoms with Gasteiger partial charge in [0.15, 0.2) is 0 Å². The molecule has 1 atom stereocenters. The van der Waals surface area contributed by atoms with Gasteiger partial charge in [0.1, 0.15) is 0 Å². The molecule has 4 heteroatoms. The zero-order valence-electron chi connectivity index (χ0n) is 7.44. The van der Waals surface area contributed by atoms with Gasteiger partial charge in [-0.2, -0.15) is 13.2 Å². The first-order valence-electron chi connectivity index (χ1n) is 3.78. The summed E-state index contributed by atoms with van der Waals surface area (Å²) in [6.07, 6.45) is -1.11. The molecule has 0 aliphatic heterocycles. The van der Waals surface area contributed by atoms with Crippen LogP contribution in [0.2, 0.25) is 0 Å². The van der Waals surface area contributed by atoms with Crippen LogP contribution in [0.15, 0.2) is 12.2 Å². The van der Waals surface area contributed by atoms with E-state index in [0.717, 1.165) is 0 Å². The van der Waals surface area contributed by atoms with Crippen LogP contribution in [0, 0.1) is 11.8 Å². The van der Waals surface area contributed by atoms with E-state index < -0.39 is 11.8 Å². The van der Waals surface area contributed by atoms with Gasteiger partial charge in [-0.3, -0.25) is 0 Å². The minimum Gasteiger partial charge on any atom is -0.370 e. The summed E-state index contributed by atoms with van der Waals surface area (Å²) in [4.78, 5) is 0. The van der Waals surface area contributed by atoms with Gasteiger partial charge >= 0.3 is 6.18 Å². The molecule has 0 bridgehead atoms. The molecule has 0 aromatic heterocycles. The fraction of sp³-hybridized carbons (Fsp3) is 0.556. The van der Waals surface area contributed by atoms with Crippen molar-refractivity contribution in [2.75, 3.05) is 0 Å². The Morgan fingerprint density at radius 3 is 2.31 bits per heavy atom. The Morgan fingerprint density at radius 2 is 1.92 bits per heavy atom. The number of rotatable bonds is 1. The molecule has 0 fully saturated rings. The number of hydrogen-bond acceptors (Lipinski definition) is 1. The van der Waals surface area contributed by atoms with E-state index in [4.69, 9.17) is 5.11 Å². The Bertz CT molecular complexity index is 240. The molecule has 1 nitrogen and oxygen atoms in total. The Kier molecular flexibility index (Phi) is 4.02. The molecule has 1 N–H and O–H groups in total. The smallest absolute Gasteiger partial charge is 0.370 e. The minimum atomic E-state index is -4.71. The van der Waals surface area contributed by atoms with Crippen molar-refractivity contribution < 1.29 is 18.3 Å². The lowest BCUT2D eigenvalue weighted by molar-refractivity contribution is -0.228. The summed E-state index contributed by atoms with van der Waals surface area (Å²) in [6, 6.07) is 0. The first-order valence-corrected chi connectivity index (χ1v) is 3.78. The molecule has 0 spiro atoms. The maximum atomic E-state index is 12.0. The molecule has 0 heterocycles. The normalized spacial score (nSPS) is 16.5. The second-order valence-electron chi connectivity index (χ2n) is 2.65. The van der Waals surface area contributed by atoms with Gasteiger partial charge < -0.3 is 5.11 Å². The maximum Gasteiger partial charge on any atom is 0.428 e. The van der Waals surface area contributed by atoms with Crippen LogP contribution >= 0.6 is 0 Å². The average Bonchev–Trinajstić information content (AvgIpc) is 1.96. The van der Waals surface area contributed by atoms with E-state index in [0.29, 0.717) is 13.3 Å². The van der Waals surface area contributed by atoms with E-state index in [2.05, 4.69) is 5.92 Å². The van der Waals surface area contributed by atoms with Crippen LogP contribution in [-0.4, -0.2) is 16.9 Å². The van der Waals surface area contributed by atoms with E-state index in [1.165, 1.54) is 6.08 Å². The summed E-state index contributed by atoms with van der Waals surface area (Å²) in [6.45, 7) is 2.46. The zero-order valence-corrected chi connectivity index (χ0v) is 7.44. The first kappa shape index (κ1) is 12.0. The van der Waals surface area contributed by atoms with Crippen LogP contribution in [0.25, 0.3) is 0 Å². The van der Waals surface area contributed by atoms with Crippen molar-refractivity contribution in [2.45, 2.75) is 32.0 Å². The lowest BCUT2D eigenvalue weighted by Gasteiger charge is -2.19. The van der Waals surface area contributed by atoms with E-state index in [-0.39, 0.29) is 0 Å². The Balaban J connectivity index is 4.47. The van der Waals surface area contributed by atoms with Crippen molar-refractivity contribution in [3.8, 4) is 11.8 Å². The molecule has 0 aromatic carbocycles. The fourth-order valence-corrected chi connectivity index (χ4v) is 0.430. The summed E-state index contributed by atoms with van der Waals surface area (Å²) < 4.78 is 35.9. The van der Waals surface area contributed by atoms with Gasteiger partial charge in [0.25, 0.3) is 0 Å². The highest BCUT2D eigenvalue weighted by Gasteiger charge is 2.48. The van der Waals surface area contributed by atoms with Gasteiger partial charge in [-0.1, -0.05) is 24.8 Å². The predicted octanol–water partition coefficient (Wildman–Crippen LogP) is 2.27. The summed E-state index contributed by atoms with van der Waals surface area (Å²) in [5.74, 6) is 3.86. The zero-order chi connectivity index (χ0) is 10.5. The lowest BCUT2D eigenvalue weighted by Crippen LogP contribution is -2.40. The number of hydrogen-bond donors (Lipinski definition) is 1. The summed E-state index contributed by atoms with van der Waals surface area (Å²) in [5, 5.41) is 8.82. The van der Waals surface area contributed by atoms with E-state index >= 15 is 0 Å². The summed E-state index contributed by atoms with van der Waals surface area (Å²) in [5.41, 5.74) is -2.93. The Morgan fingerprint density at radius 1 is 1.38 bits per heavy atom. The highest BCUT2D eigenvalue weighted by molar-refractivity contribution is 5.23. The maximum absolute atomic E-state index is 12.0. The number of halogens is 3. The summed E-state index contributed by atoms with van der Waals surface area (Å²) >= 11 is 0. The minimum absolute atomic E-state index is 0.625. The van der Waals surface area contributed by atoms with Crippen LogP contribution < -0.4 is 0 Å². The molecule has 74 valence electrons. The van der Waals surface area contributed by atoms with Gasteiger partial charge in [-0.15, -0.1) is 0 Å². The Hall–Kier alpha value is -0.950. The largest absolute Gasteiger partial charge is 0.428 e. The Labute approximate surface area is 75.3 Å². The van der Waals surface area contributed by atoms with Crippen LogP contribution in [0.3, 0.4) is 0 Å². The molecule has 0 saturated heterocycles. The topological polar surface area (TPSA) is 20.2 Å². The molecule has 0 radical (unpaired) electrons. The molecule has 0 amide bonds. The number of aliphatic hydroxyl groups is 1. The molecule has 0 aliphatic rings. The second-order valence-corrected chi connectivity index (χ2v) is 2.65. The number of allylic oxidation sites excluding steroid dienone is 2. The molecular formula is C9H11F3O. The van der Waals surface area contributed by atoms with Crippen molar-refractivity contribution in [3.63, 3.8) is 0 Å². The van der Waals surface area contributed by atoms with E-state index in [9.17, 15) is 13.2 Å². The van der Waals surface area contributed by atoms with Crippen LogP contribution in [0.4, 0.5) is 13.2 Å². The lowest BCUT2D eigenvalue weighted by atomic mass is 10.1. The highest BCUT2D eigenvalue weighted by atomic mass is 19.4. The molecule has 0 rings (SSSR count). The molecule has 0 saturated carbocycles. The number of alkyl halides is 3. The van der Waals surface area contributed by atoms with Crippen LogP contribution in [0.1, 0.15) is 20.3 Å². The predicted molar refractivity (Wildman–Crippen MR) is 43.9 cm³/mol. The monoisotopic (exact) mass is 192 g/mol. The molecule has 0 aliphatic carbocycles.